The molecule has 0 fully saturated rings. The van der Waals surface area contributed by atoms with E-state index < -0.39 is 114 Å². The highest BCUT2D eigenvalue weighted by atomic mass is 32.1. The number of carbonyl (C=O) groups is 9. The minimum Gasteiger partial charge on any atom is -0.508 e. The third-order valence-electron chi connectivity index (χ3n) is 13.1. The van der Waals surface area contributed by atoms with E-state index in [0.717, 1.165) is 0 Å². The molecule has 9 atom stereocenters. The number of aliphatic hydroxyl groups excluding tert-OH is 1. The molecule has 8 amide bonds. The Morgan fingerprint density at radius 1 is 0.390 bits per heavy atom. The Bertz CT molecular complexity index is 2720. The number of benzene rings is 4. The van der Waals surface area contributed by atoms with Crippen LogP contribution in [0, 0.1) is 17.8 Å². The van der Waals surface area contributed by atoms with Gasteiger partial charge < -0.3 is 63.6 Å². The van der Waals surface area contributed by atoms with Crippen LogP contribution in [0.15, 0.2) is 115 Å². The van der Waals surface area contributed by atoms with Crippen molar-refractivity contribution in [3.8, 4) is 5.75 Å². The van der Waals surface area contributed by atoms with E-state index >= 15 is 0 Å². The Kier molecular flexibility index (Phi) is 27.5. The largest absolute Gasteiger partial charge is 0.508 e. The van der Waals surface area contributed by atoms with Gasteiger partial charge in [0, 0.05) is 31.4 Å². The lowest BCUT2D eigenvalue weighted by Gasteiger charge is -2.28. The quantitative estimate of drug-likeness (QED) is 0.0304. The summed E-state index contributed by atoms with van der Waals surface area (Å²) in [6, 6.07) is 19.9. The molecule has 0 aliphatic heterocycles. The molecule has 4 aromatic rings. The Morgan fingerprint density at radius 3 is 1.01 bits per heavy atom. The summed E-state index contributed by atoms with van der Waals surface area (Å²) in [5.41, 5.74) is 8.38. The second-order valence-corrected chi connectivity index (χ2v) is 22.0. The normalized spacial score (nSPS) is 14.5. The number of aliphatic hydroxyl groups is 1. The van der Waals surface area contributed by atoms with Crippen LogP contribution in [0.2, 0.25) is 0 Å². The number of carboxylic acids is 1. The number of rotatable bonds is 33. The molecule has 82 heavy (non-hydrogen) atoms. The van der Waals surface area contributed by atoms with Crippen LogP contribution in [0.1, 0.15) is 83.1 Å². The summed E-state index contributed by atoms with van der Waals surface area (Å²) < 4.78 is 0. The number of carbonyl (C=O) groups excluding carboxylic acids is 8. The van der Waals surface area contributed by atoms with Gasteiger partial charge in [-0.1, -0.05) is 145 Å². The zero-order valence-electron chi connectivity index (χ0n) is 47.3. The minimum atomic E-state index is -1.60. The van der Waals surface area contributed by atoms with Crippen molar-refractivity contribution in [3.63, 3.8) is 0 Å². The molecule has 0 unspecified atom stereocenters. The molecule has 0 radical (unpaired) electrons. The smallest absolute Gasteiger partial charge is 0.326 e. The van der Waals surface area contributed by atoms with Crippen molar-refractivity contribution >= 4 is 65.9 Å². The fourth-order valence-corrected chi connectivity index (χ4v) is 9.10. The molecule has 4 aromatic carbocycles. The first-order chi connectivity index (χ1) is 39.0. The number of thiol groups is 1. The lowest BCUT2D eigenvalue weighted by atomic mass is 9.99. The van der Waals surface area contributed by atoms with Gasteiger partial charge in [0.05, 0.1) is 12.6 Å². The molecular formula is C60H81N9O12S. The Labute approximate surface area is 484 Å². The molecular weight excluding hydrogens is 1070 g/mol. The fraction of sp³-hybridized carbons (Fsp3) is 0.450. The van der Waals surface area contributed by atoms with E-state index in [1.165, 1.54) is 24.3 Å². The molecule has 0 aliphatic rings. The van der Waals surface area contributed by atoms with Crippen molar-refractivity contribution in [1.82, 2.24) is 42.5 Å². The lowest BCUT2D eigenvalue weighted by Crippen LogP contribution is -2.61. The number of phenolic OH excluding ortho intramolecular Hbond substituents is 1. The Hall–Kier alpha value is -7.82. The van der Waals surface area contributed by atoms with Crippen molar-refractivity contribution in [2.45, 2.75) is 141 Å². The first-order valence-electron chi connectivity index (χ1n) is 27.5. The van der Waals surface area contributed by atoms with Crippen LogP contribution in [-0.4, -0.2) is 135 Å². The average molecular weight is 1150 g/mol. The van der Waals surface area contributed by atoms with E-state index in [-0.39, 0.29) is 67.8 Å². The van der Waals surface area contributed by atoms with Gasteiger partial charge in [0.2, 0.25) is 47.3 Å². The van der Waals surface area contributed by atoms with E-state index in [0.29, 0.717) is 28.7 Å². The topological polar surface area (TPSA) is 337 Å². The highest BCUT2D eigenvalue weighted by Gasteiger charge is 2.36. The molecule has 21 nitrogen and oxygen atoms in total. The van der Waals surface area contributed by atoms with Crippen LogP contribution in [-0.2, 0) is 68.8 Å². The van der Waals surface area contributed by atoms with E-state index in [9.17, 15) is 58.5 Å². The predicted molar refractivity (Wildman–Crippen MR) is 313 cm³/mol. The average Bonchev–Trinajstić information content (AvgIpc) is 3.58. The van der Waals surface area contributed by atoms with E-state index in [4.69, 9.17) is 5.73 Å². The minimum absolute atomic E-state index is 0.0443. The predicted octanol–water partition coefficient (Wildman–Crippen LogP) is 2.01. The molecule has 0 spiro atoms. The monoisotopic (exact) mass is 1150 g/mol. The number of hydrogen-bond acceptors (Lipinski definition) is 13. The first-order valence-corrected chi connectivity index (χ1v) is 28.1. The first kappa shape index (κ1) is 66.7. The molecule has 0 aromatic heterocycles. The number of carboxylic acid groups (broad SMARTS) is 1. The highest BCUT2D eigenvalue weighted by molar-refractivity contribution is 7.80. The van der Waals surface area contributed by atoms with Gasteiger partial charge in [-0.25, -0.2) is 4.79 Å². The number of nitrogens with one attached hydrogen (secondary N) is 8. The summed E-state index contributed by atoms with van der Waals surface area (Å²) in [6.45, 7) is 10.2. The van der Waals surface area contributed by atoms with E-state index in [1.54, 1.807) is 91.0 Å². The molecule has 0 bridgehead atoms. The SMILES string of the molecule is CC(C)C[C@H](NC(=O)[C@H](Cc1ccccc1)NC(=O)[C@H](Cc1ccccc1)NC(=O)[C@H](Cc1ccc(O)cc1)NC(=O)[C@H](Cc1ccccc1)NC(=O)[C@H](CS)NC(=O)[C@H](CO)NC(=O)[C@H](CC(C)C)NC(=O)[C@@H](N)CC(C)C)C(=O)O. The van der Waals surface area contributed by atoms with Crippen molar-refractivity contribution in [3.05, 3.63) is 138 Å². The van der Waals surface area contributed by atoms with Gasteiger partial charge in [0.25, 0.3) is 0 Å². The second-order valence-electron chi connectivity index (χ2n) is 21.6. The van der Waals surface area contributed by atoms with Gasteiger partial charge in [0.15, 0.2) is 0 Å². The van der Waals surface area contributed by atoms with Gasteiger partial charge in [-0.3, -0.25) is 38.4 Å². The maximum Gasteiger partial charge on any atom is 0.326 e. The fourth-order valence-electron chi connectivity index (χ4n) is 8.84. The van der Waals surface area contributed by atoms with Crippen LogP contribution in [0.5, 0.6) is 5.75 Å². The molecule has 22 heteroatoms. The molecule has 0 saturated heterocycles. The number of hydrogen-bond donors (Lipinski definition) is 13. The lowest BCUT2D eigenvalue weighted by molar-refractivity contribution is -0.142. The van der Waals surface area contributed by atoms with Gasteiger partial charge in [-0.15, -0.1) is 0 Å². The third-order valence-corrected chi connectivity index (χ3v) is 13.5. The number of nitrogens with two attached hydrogens (primary N) is 1. The van der Waals surface area contributed by atoms with E-state index in [2.05, 4.69) is 55.2 Å². The number of amides is 8. The van der Waals surface area contributed by atoms with Crippen LogP contribution in [0.25, 0.3) is 0 Å². The summed E-state index contributed by atoms with van der Waals surface area (Å²) in [5.74, 6) is -8.28. The molecule has 0 heterocycles. The summed E-state index contributed by atoms with van der Waals surface area (Å²) in [6.07, 6.45) is 0.155. The number of aromatic hydroxyl groups is 1. The van der Waals surface area contributed by atoms with Crippen LogP contribution >= 0.6 is 12.6 Å². The van der Waals surface area contributed by atoms with E-state index in [1.807, 2.05) is 41.5 Å². The third kappa shape index (κ3) is 23.0. The molecule has 4 rings (SSSR count). The zero-order valence-corrected chi connectivity index (χ0v) is 48.2. The molecule has 13 N–H and O–H groups in total. The summed E-state index contributed by atoms with van der Waals surface area (Å²) in [5, 5.41) is 51.5. The second kappa shape index (κ2) is 33.8. The number of phenols is 1. The van der Waals surface area contributed by atoms with Crippen LogP contribution in [0.4, 0.5) is 0 Å². The van der Waals surface area contributed by atoms with Gasteiger partial charge in [-0.05, 0) is 71.4 Å². The Balaban J connectivity index is 1.64. The van der Waals surface area contributed by atoms with Crippen LogP contribution < -0.4 is 48.3 Å². The maximum atomic E-state index is 14.8. The zero-order chi connectivity index (χ0) is 60.5. The highest BCUT2D eigenvalue weighted by Crippen LogP contribution is 2.15. The summed E-state index contributed by atoms with van der Waals surface area (Å²) in [4.78, 5) is 125. The summed E-state index contributed by atoms with van der Waals surface area (Å²) >= 11 is 4.31. The van der Waals surface area contributed by atoms with Crippen molar-refractivity contribution in [2.75, 3.05) is 12.4 Å². The molecule has 444 valence electrons. The Morgan fingerprint density at radius 2 is 0.671 bits per heavy atom. The van der Waals surface area contributed by atoms with Crippen molar-refractivity contribution < 1.29 is 58.5 Å². The standard InChI is InChI=1S/C60H81N9O12S/c1-35(2)26-43(61)52(72)62-44(27-36(3)4)53(73)68-50(33-70)58(78)69-51(34-82)59(79)66-46(30-39-18-12-8-13-19-39)55(75)65-48(32-41-22-24-42(71)25-23-41)56(76)63-45(29-38-16-10-7-11-17-38)54(74)64-47(31-40-20-14-9-15-21-40)57(77)67-49(60(80)81)28-37(5)6/h7-25,35-37,43-51,70-71,82H,26-34,61H2,1-6H3,(H,62,72)(H,63,76)(H,64,74)(H,65,75)(H,66,79)(H,67,77)(H,68,73)(H,69,78)(H,80,81)/t43-,44-,45-,46-,47-,48-,49-,50-,51-/m0/s1. The van der Waals surface area contributed by atoms with Crippen molar-refractivity contribution in [1.29, 1.82) is 0 Å². The van der Waals surface area contributed by atoms with Gasteiger partial charge in [0.1, 0.15) is 54.1 Å². The van der Waals surface area contributed by atoms with Gasteiger partial charge in [-0.2, -0.15) is 12.6 Å². The molecule has 0 aliphatic carbocycles. The summed E-state index contributed by atoms with van der Waals surface area (Å²) in [7, 11) is 0. The maximum absolute atomic E-state index is 14.8. The van der Waals surface area contributed by atoms with Crippen molar-refractivity contribution in [2.24, 2.45) is 23.5 Å². The van der Waals surface area contributed by atoms with Gasteiger partial charge >= 0.3 is 5.97 Å². The van der Waals surface area contributed by atoms with Crippen LogP contribution in [0.3, 0.4) is 0 Å². The number of aliphatic carboxylic acids is 1. The molecule has 0 saturated carbocycles.